The molecule has 1 aliphatic carbocycles. The lowest BCUT2D eigenvalue weighted by molar-refractivity contribution is -0.126. The summed E-state index contributed by atoms with van der Waals surface area (Å²) in [6.45, 7) is 1.80. The summed E-state index contributed by atoms with van der Waals surface area (Å²) in [6.07, 6.45) is 3.80. The molecule has 1 rings (SSSR count). The average molecular weight is 262 g/mol. The maximum Gasteiger partial charge on any atom is 0.224 e. The molecule has 6 heteroatoms. The van der Waals surface area contributed by atoms with Crippen LogP contribution in [0.15, 0.2) is 0 Å². The van der Waals surface area contributed by atoms with Crippen LogP contribution in [0.2, 0.25) is 0 Å². The number of nitrogens with one attached hydrogen (secondary N) is 1. The molecule has 1 saturated carbocycles. The number of carbonyl (C=O) groups is 1. The zero-order valence-corrected chi connectivity index (χ0v) is 11.1. The van der Waals surface area contributed by atoms with Gasteiger partial charge in [-0.15, -0.1) is 0 Å². The van der Waals surface area contributed by atoms with Crippen LogP contribution in [0.4, 0.5) is 0 Å². The number of nitrogens with two attached hydrogens (primary N) is 1. The summed E-state index contributed by atoms with van der Waals surface area (Å²) in [5.41, 5.74) is 5.88. The van der Waals surface area contributed by atoms with E-state index in [-0.39, 0.29) is 35.9 Å². The largest absolute Gasteiger partial charge is 0.355 e. The molecular formula is C11H22N2O3S. The van der Waals surface area contributed by atoms with Gasteiger partial charge in [0, 0.05) is 18.3 Å². The first-order valence-electron chi connectivity index (χ1n) is 6.20. The maximum atomic E-state index is 11.8. The highest BCUT2D eigenvalue weighted by molar-refractivity contribution is 7.91. The van der Waals surface area contributed by atoms with Crippen molar-refractivity contribution in [3.8, 4) is 0 Å². The van der Waals surface area contributed by atoms with E-state index in [1.165, 1.54) is 0 Å². The SMILES string of the molecule is CCS(=O)(=O)CCNC(=O)C1CCCCC1N. The van der Waals surface area contributed by atoms with Gasteiger partial charge in [-0.25, -0.2) is 8.42 Å². The van der Waals surface area contributed by atoms with Gasteiger partial charge in [0.25, 0.3) is 0 Å². The van der Waals surface area contributed by atoms with Crippen molar-refractivity contribution in [2.45, 2.75) is 38.6 Å². The summed E-state index contributed by atoms with van der Waals surface area (Å²) in [5.74, 6) is -0.111. The second-order valence-corrected chi connectivity index (χ2v) is 7.05. The van der Waals surface area contributed by atoms with E-state index in [4.69, 9.17) is 5.73 Å². The molecule has 0 heterocycles. The van der Waals surface area contributed by atoms with E-state index in [1.54, 1.807) is 6.92 Å². The molecule has 17 heavy (non-hydrogen) atoms. The highest BCUT2D eigenvalue weighted by Crippen LogP contribution is 2.22. The molecule has 1 fully saturated rings. The molecule has 0 spiro atoms. The lowest BCUT2D eigenvalue weighted by Gasteiger charge is -2.27. The summed E-state index contributed by atoms with van der Waals surface area (Å²) >= 11 is 0. The summed E-state index contributed by atoms with van der Waals surface area (Å²) in [7, 11) is -3.01. The Kier molecular flexibility index (Phi) is 5.39. The van der Waals surface area contributed by atoms with Crippen LogP contribution in [0.3, 0.4) is 0 Å². The van der Waals surface area contributed by atoms with E-state index in [0.717, 1.165) is 25.7 Å². The molecule has 100 valence electrons. The highest BCUT2D eigenvalue weighted by Gasteiger charge is 2.27. The number of amides is 1. The molecular weight excluding hydrogens is 240 g/mol. The van der Waals surface area contributed by atoms with Gasteiger partial charge in [0.05, 0.1) is 11.7 Å². The Morgan fingerprint density at radius 3 is 2.59 bits per heavy atom. The normalized spacial score (nSPS) is 25.5. The molecule has 0 bridgehead atoms. The molecule has 0 saturated heterocycles. The smallest absolute Gasteiger partial charge is 0.224 e. The lowest BCUT2D eigenvalue weighted by atomic mass is 9.84. The molecule has 0 aliphatic heterocycles. The fraction of sp³-hybridized carbons (Fsp3) is 0.909. The monoisotopic (exact) mass is 262 g/mol. The second-order valence-electron chi connectivity index (χ2n) is 4.58. The fourth-order valence-electron chi connectivity index (χ4n) is 2.09. The van der Waals surface area contributed by atoms with Crippen molar-refractivity contribution in [3.63, 3.8) is 0 Å². The second kappa shape index (κ2) is 6.35. The molecule has 0 radical (unpaired) electrons. The van der Waals surface area contributed by atoms with Crippen molar-refractivity contribution in [3.05, 3.63) is 0 Å². The van der Waals surface area contributed by atoms with Crippen LogP contribution in [0.1, 0.15) is 32.6 Å². The average Bonchev–Trinajstić information content (AvgIpc) is 2.29. The number of sulfone groups is 1. The number of hydrogen-bond donors (Lipinski definition) is 2. The fourth-order valence-corrected chi connectivity index (χ4v) is 2.79. The van der Waals surface area contributed by atoms with E-state index in [1.807, 2.05) is 0 Å². The molecule has 2 atom stereocenters. The summed E-state index contributed by atoms with van der Waals surface area (Å²) < 4.78 is 22.5. The molecule has 1 aliphatic rings. The predicted molar refractivity (Wildman–Crippen MR) is 67.3 cm³/mol. The van der Waals surface area contributed by atoms with Crippen LogP contribution in [-0.4, -0.2) is 38.4 Å². The molecule has 0 aromatic carbocycles. The molecule has 0 aromatic rings. The topological polar surface area (TPSA) is 89.3 Å². The van der Waals surface area contributed by atoms with Gasteiger partial charge in [0.1, 0.15) is 0 Å². The third-order valence-corrected chi connectivity index (χ3v) is 5.01. The van der Waals surface area contributed by atoms with E-state index in [0.29, 0.717) is 0 Å². The van der Waals surface area contributed by atoms with Gasteiger partial charge in [-0.1, -0.05) is 19.8 Å². The van der Waals surface area contributed by atoms with Crippen molar-refractivity contribution >= 4 is 15.7 Å². The minimum Gasteiger partial charge on any atom is -0.355 e. The molecule has 1 amide bonds. The van der Waals surface area contributed by atoms with Gasteiger partial charge in [-0.2, -0.15) is 0 Å². The predicted octanol–water partition coefficient (Wildman–Crippen LogP) is 0.0548. The Labute approximate surface area is 103 Å². The van der Waals surface area contributed by atoms with Gasteiger partial charge in [-0.3, -0.25) is 4.79 Å². The quantitative estimate of drug-likeness (QED) is 0.733. The van der Waals surface area contributed by atoms with Gasteiger partial charge >= 0.3 is 0 Å². The van der Waals surface area contributed by atoms with Gasteiger partial charge in [0.15, 0.2) is 9.84 Å². The van der Waals surface area contributed by atoms with E-state index in [9.17, 15) is 13.2 Å². The minimum atomic E-state index is -3.01. The van der Waals surface area contributed by atoms with E-state index in [2.05, 4.69) is 5.32 Å². The van der Waals surface area contributed by atoms with Gasteiger partial charge in [-0.05, 0) is 12.8 Å². The van der Waals surface area contributed by atoms with Crippen LogP contribution in [-0.2, 0) is 14.6 Å². The first-order valence-corrected chi connectivity index (χ1v) is 8.02. The van der Waals surface area contributed by atoms with Crippen molar-refractivity contribution in [2.24, 2.45) is 11.7 Å². The molecule has 5 nitrogen and oxygen atoms in total. The standard InChI is InChI=1S/C11H22N2O3S/c1-2-17(15,16)8-7-13-11(14)9-5-3-4-6-10(9)12/h9-10H,2-8,12H2,1H3,(H,13,14). The van der Waals surface area contributed by atoms with E-state index >= 15 is 0 Å². The summed E-state index contributed by atoms with van der Waals surface area (Å²) in [5, 5.41) is 2.68. The van der Waals surface area contributed by atoms with Crippen LogP contribution >= 0.6 is 0 Å². The molecule has 3 N–H and O–H groups in total. The maximum absolute atomic E-state index is 11.8. The van der Waals surface area contributed by atoms with Gasteiger partial charge in [0.2, 0.25) is 5.91 Å². The first kappa shape index (κ1) is 14.4. The first-order chi connectivity index (χ1) is 7.96. The van der Waals surface area contributed by atoms with Crippen LogP contribution in [0.5, 0.6) is 0 Å². The number of rotatable bonds is 5. The Bertz CT molecular complexity index is 354. The van der Waals surface area contributed by atoms with Crippen molar-refractivity contribution in [2.75, 3.05) is 18.1 Å². The highest BCUT2D eigenvalue weighted by atomic mass is 32.2. The van der Waals surface area contributed by atoms with Crippen molar-refractivity contribution in [1.82, 2.24) is 5.32 Å². The Balaban J connectivity index is 2.34. The third-order valence-electron chi connectivity index (χ3n) is 3.31. The van der Waals surface area contributed by atoms with E-state index < -0.39 is 9.84 Å². The number of hydrogen-bond acceptors (Lipinski definition) is 4. The lowest BCUT2D eigenvalue weighted by Crippen LogP contribution is -2.44. The third kappa shape index (κ3) is 4.63. The number of carbonyl (C=O) groups excluding carboxylic acids is 1. The van der Waals surface area contributed by atoms with Crippen LogP contribution in [0, 0.1) is 5.92 Å². The van der Waals surface area contributed by atoms with Crippen molar-refractivity contribution in [1.29, 1.82) is 0 Å². The Hall–Kier alpha value is -0.620. The molecule has 0 aromatic heterocycles. The van der Waals surface area contributed by atoms with Crippen molar-refractivity contribution < 1.29 is 13.2 Å². The molecule has 2 unspecified atom stereocenters. The minimum absolute atomic E-state index is 0.0111. The van der Waals surface area contributed by atoms with Crippen LogP contribution in [0.25, 0.3) is 0 Å². The van der Waals surface area contributed by atoms with Crippen LogP contribution < -0.4 is 11.1 Å². The Morgan fingerprint density at radius 1 is 1.35 bits per heavy atom. The zero-order chi connectivity index (χ0) is 12.9. The summed E-state index contributed by atoms with van der Waals surface area (Å²) in [6, 6.07) is -0.0773. The summed E-state index contributed by atoms with van der Waals surface area (Å²) in [4.78, 5) is 11.8. The van der Waals surface area contributed by atoms with Gasteiger partial charge < -0.3 is 11.1 Å². The Morgan fingerprint density at radius 2 is 2.00 bits per heavy atom. The zero-order valence-electron chi connectivity index (χ0n) is 10.3.